The van der Waals surface area contributed by atoms with Gasteiger partial charge in [0.25, 0.3) is 0 Å². The van der Waals surface area contributed by atoms with Crippen LogP contribution in [0.15, 0.2) is 0 Å². The van der Waals surface area contributed by atoms with Gasteiger partial charge < -0.3 is 10.6 Å². The first-order chi connectivity index (χ1) is 9.15. The average molecular weight is 319 g/mol. The molecule has 1 amide bonds. The molecule has 1 fully saturated rings. The van der Waals surface area contributed by atoms with Crippen LogP contribution in [-0.2, 0) is 4.79 Å². The van der Waals surface area contributed by atoms with Gasteiger partial charge in [0.05, 0.1) is 0 Å². The van der Waals surface area contributed by atoms with Crippen molar-refractivity contribution in [3.8, 4) is 0 Å². The molecule has 0 unspecified atom stereocenters. The molecule has 0 spiro atoms. The van der Waals surface area contributed by atoms with Crippen LogP contribution < -0.4 is 10.6 Å². The standard InChI is InChI=1S/C13H22N4OS.ClH/c1-9(2)12-16-17-13(19-12)15-11(18)4-3-10-5-7-14-8-6-10;/h9-10,14H,3-8H2,1-2H3,(H,15,17,18);1H. The van der Waals surface area contributed by atoms with Crippen LogP contribution in [0.1, 0.15) is 50.5 Å². The lowest BCUT2D eigenvalue weighted by atomic mass is 9.93. The summed E-state index contributed by atoms with van der Waals surface area (Å²) in [7, 11) is 0. The highest BCUT2D eigenvalue weighted by atomic mass is 35.5. The van der Waals surface area contributed by atoms with Gasteiger partial charge in [-0.15, -0.1) is 22.6 Å². The molecule has 2 N–H and O–H groups in total. The Bertz CT molecular complexity index is 418. The number of nitrogens with zero attached hydrogens (tertiary/aromatic N) is 2. The first-order valence-corrected chi connectivity index (χ1v) is 7.80. The Labute approximate surface area is 130 Å². The van der Waals surface area contributed by atoms with Crippen LogP contribution >= 0.6 is 23.7 Å². The molecule has 2 rings (SSSR count). The van der Waals surface area contributed by atoms with E-state index in [-0.39, 0.29) is 18.3 Å². The predicted molar refractivity (Wildman–Crippen MR) is 84.7 cm³/mol. The van der Waals surface area contributed by atoms with Crippen LogP contribution in [0.3, 0.4) is 0 Å². The number of hydrogen-bond donors (Lipinski definition) is 2. The highest BCUT2D eigenvalue weighted by Crippen LogP contribution is 2.23. The van der Waals surface area contributed by atoms with E-state index in [1.54, 1.807) is 0 Å². The van der Waals surface area contributed by atoms with Crippen molar-refractivity contribution in [2.75, 3.05) is 18.4 Å². The molecule has 0 radical (unpaired) electrons. The van der Waals surface area contributed by atoms with Gasteiger partial charge in [0, 0.05) is 12.3 Å². The van der Waals surface area contributed by atoms with E-state index < -0.39 is 0 Å². The molecule has 1 aliphatic rings. The fraction of sp³-hybridized carbons (Fsp3) is 0.769. The smallest absolute Gasteiger partial charge is 0.226 e. The fourth-order valence-electron chi connectivity index (χ4n) is 2.21. The summed E-state index contributed by atoms with van der Waals surface area (Å²) in [6, 6.07) is 0. The first-order valence-electron chi connectivity index (χ1n) is 6.99. The van der Waals surface area contributed by atoms with E-state index in [0.29, 0.717) is 23.4 Å². The molecule has 20 heavy (non-hydrogen) atoms. The van der Waals surface area contributed by atoms with Crippen LogP contribution in [0.4, 0.5) is 5.13 Å². The fourth-order valence-corrected chi connectivity index (χ4v) is 2.97. The largest absolute Gasteiger partial charge is 0.317 e. The molecule has 1 aliphatic heterocycles. The highest BCUT2D eigenvalue weighted by Gasteiger charge is 2.15. The van der Waals surface area contributed by atoms with Gasteiger partial charge in [-0.1, -0.05) is 25.2 Å². The van der Waals surface area contributed by atoms with Gasteiger partial charge in [-0.05, 0) is 38.3 Å². The van der Waals surface area contributed by atoms with Crippen LogP contribution in [0.25, 0.3) is 0 Å². The number of carbonyl (C=O) groups excluding carboxylic acids is 1. The van der Waals surface area contributed by atoms with E-state index in [9.17, 15) is 4.79 Å². The first kappa shape index (κ1) is 17.3. The maximum Gasteiger partial charge on any atom is 0.226 e. The summed E-state index contributed by atoms with van der Waals surface area (Å²) in [5, 5.41) is 15.8. The van der Waals surface area contributed by atoms with Crippen LogP contribution in [-0.4, -0.2) is 29.2 Å². The summed E-state index contributed by atoms with van der Waals surface area (Å²) in [6.07, 6.45) is 3.93. The monoisotopic (exact) mass is 318 g/mol. The van der Waals surface area contributed by atoms with Crippen molar-refractivity contribution in [3.63, 3.8) is 0 Å². The van der Waals surface area contributed by atoms with Gasteiger partial charge in [0.2, 0.25) is 11.0 Å². The average Bonchev–Trinajstić information content (AvgIpc) is 2.86. The molecule has 0 atom stereocenters. The number of anilines is 1. The molecular weight excluding hydrogens is 296 g/mol. The molecule has 2 heterocycles. The number of carbonyl (C=O) groups is 1. The lowest BCUT2D eigenvalue weighted by Gasteiger charge is -2.21. The molecule has 0 bridgehead atoms. The summed E-state index contributed by atoms with van der Waals surface area (Å²) in [4.78, 5) is 11.8. The Morgan fingerprint density at radius 3 is 2.70 bits per heavy atom. The van der Waals surface area contributed by atoms with Gasteiger partial charge >= 0.3 is 0 Å². The summed E-state index contributed by atoms with van der Waals surface area (Å²) in [5.74, 6) is 1.11. The minimum Gasteiger partial charge on any atom is -0.317 e. The van der Waals surface area contributed by atoms with Crippen molar-refractivity contribution in [2.45, 2.75) is 45.4 Å². The Balaban J connectivity index is 0.00000200. The van der Waals surface area contributed by atoms with E-state index >= 15 is 0 Å². The normalized spacial score (nSPS) is 15.9. The molecule has 5 nitrogen and oxygen atoms in total. The number of amides is 1. The summed E-state index contributed by atoms with van der Waals surface area (Å²) in [5.41, 5.74) is 0. The van der Waals surface area contributed by atoms with E-state index in [1.807, 2.05) is 0 Å². The number of rotatable bonds is 5. The second-order valence-corrected chi connectivity index (χ2v) is 6.39. The topological polar surface area (TPSA) is 66.9 Å². The zero-order chi connectivity index (χ0) is 13.7. The molecule has 1 saturated heterocycles. The van der Waals surface area contributed by atoms with Crippen molar-refractivity contribution in [1.29, 1.82) is 0 Å². The second kappa shape index (κ2) is 8.54. The SMILES string of the molecule is CC(C)c1nnc(NC(=O)CCC2CCNCC2)s1.Cl. The molecule has 0 aromatic carbocycles. The van der Waals surface area contributed by atoms with Crippen LogP contribution in [0, 0.1) is 5.92 Å². The molecule has 1 aromatic rings. The third-order valence-corrected chi connectivity index (χ3v) is 4.56. The highest BCUT2D eigenvalue weighted by molar-refractivity contribution is 7.15. The molecule has 7 heteroatoms. The Kier molecular flexibility index (Phi) is 7.40. The maximum atomic E-state index is 11.8. The third-order valence-electron chi connectivity index (χ3n) is 3.42. The molecule has 114 valence electrons. The quantitative estimate of drug-likeness (QED) is 0.876. The zero-order valence-corrected chi connectivity index (χ0v) is 13.6. The zero-order valence-electron chi connectivity index (χ0n) is 12.0. The molecular formula is C13H23ClN4OS. The summed E-state index contributed by atoms with van der Waals surface area (Å²) < 4.78 is 0. The Hall–Kier alpha value is -0.720. The van der Waals surface area contributed by atoms with Crippen molar-refractivity contribution < 1.29 is 4.79 Å². The number of piperidine rings is 1. The summed E-state index contributed by atoms with van der Waals surface area (Å²) in [6.45, 7) is 6.31. The minimum absolute atomic E-state index is 0. The van der Waals surface area contributed by atoms with E-state index in [0.717, 1.165) is 24.5 Å². The lowest BCUT2D eigenvalue weighted by molar-refractivity contribution is -0.116. The van der Waals surface area contributed by atoms with Gasteiger partial charge in [-0.25, -0.2) is 0 Å². The number of halogens is 1. The van der Waals surface area contributed by atoms with Crippen molar-refractivity contribution in [3.05, 3.63) is 5.01 Å². The number of hydrogen-bond acceptors (Lipinski definition) is 5. The summed E-state index contributed by atoms with van der Waals surface area (Å²) >= 11 is 1.47. The molecule has 0 saturated carbocycles. The van der Waals surface area contributed by atoms with Crippen LogP contribution in [0.5, 0.6) is 0 Å². The van der Waals surface area contributed by atoms with E-state index in [1.165, 1.54) is 24.2 Å². The van der Waals surface area contributed by atoms with E-state index in [4.69, 9.17) is 0 Å². The Morgan fingerprint density at radius 2 is 2.10 bits per heavy atom. The molecule has 0 aliphatic carbocycles. The maximum absolute atomic E-state index is 11.8. The van der Waals surface area contributed by atoms with Gasteiger partial charge in [0.15, 0.2) is 0 Å². The molecule has 1 aromatic heterocycles. The third kappa shape index (κ3) is 5.34. The van der Waals surface area contributed by atoms with Gasteiger partial charge in [-0.2, -0.15) is 0 Å². The second-order valence-electron chi connectivity index (χ2n) is 5.38. The van der Waals surface area contributed by atoms with E-state index in [2.05, 4.69) is 34.7 Å². The Morgan fingerprint density at radius 1 is 1.40 bits per heavy atom. The van der Waals surface area contributed by atoms with Crippen molar-refractivity contribution in [2.24, 2.45) is 5.92 Å². The minimum atomic E-state index is 0. The van der Waals surface area contributed by atoms with Gasteiger partial charge in [0.1, 0.15) is 5.01 Å². The predicted octanol–water partition coefficient (Wildman–Crippen LogP) is 2.80. The lowest BCUT2D eigenvalue weighted by Crippen LogP contribution is -2.28. The number of nitrogens with one attached hydrogen (secondary N) is 2. The van der Waals surface area contributed by atoms with Gasteiger partial charge in [-0.3, -0.25) is 4.79 Å². The van der Waals surface area contributed by atoms with Crippen LogP contribution in [0.2, 0.25) is 0 Å². The number of aromatic nitrogens is 2. The van der Waals surface area contributed by atoms with Crippen molar-refractivity contribution in [1.82, 2.24) is 15.5 Å². The van der Waals surface area contributed by atoms with Crippen molar-refractivity contribution >= 4 is 34.8 Å².